The van der Waals surface area contributed by atoms with Crippen molar-refractivity contribution in [2.24, 2.45) is 0 Å². The van der Waals surface area contributed by atoms with Crippen LogP contribution < -0.4 is 0 Å². The van der Waals surface area contributed by atoms with Crippen LogP contribution in [0.2, 0.25) is 0 Å². The van der Waals surface area contributed by atoms with Crippen LogP contribution in [-0.4, -0.2) is 15.8 Å². The highest BCUT2D eigenvalue weighted by Crippen LogP contribution is 2.27. The van der Waals surface area contributed by atoms with Gasteiger partial charge < -0.3 is 0 Å². The minimum absolute atomic E-state index is 0.0198. The zero-order valence-electron chi connectivity index (χ0n) is 18.9. The molecule has 3 heteroatoms. The predicted molar refractivity (Wildman–Crippen MR) is 130 cm³/mol. The van der Waals surface area contributed by atoms with E-state index in [0.717, 1.165) is 28.6 Å². The lowest BCUT2D eigenvalue weighted by Gasteiger charge is -2.09. The summed E-state index contributed by atoms with van der Waals surface area (Å²) >= 11 is 0. The zero-order chi connectivity index (χ0) is 22.2. The number of unbranched alkanes of at least 4 members (excludes halogenated alkanes) is 1. The number of carbonyl (C=O) groups is 1. The van der Waals surface area contributed by atoms with Crippen molar-refractivity contribution in [3.8, 4) is 22.4 Å². The molecule has 0 bridgehead atoms. The average Bonchev–Trinajstić information content (AvgIpc) is 2.83. The summed E-state index contributed by atoms with van der Waals surface area (Å²) in [6, 6.07) is 20.9. The van der Waals surface area contributed by atoms with Crippen molar-refractivity contribution in [1.29, 1.82) is 0 Å². The van der Waals surface area contributed by atoms with Crippen molar-refractivity contribution >= 4 is 16.7 Å². The molecule has 0 aliphatic rings. The molecule has 158 valence electrons. The van der Waals surface area contributed by atoms with Crippen LogP contribution in [0.3, 0.4) is 0 Å². The Bertz CT molecular complexity index is 1150. The molecule has 31 heavy (non-hydrogen) atoms. The van der Waals surface area contributed by atoms with E-state index in [1.54, 1.807) is 19.3 Å². The fourth-order valence-electron chi connectivity index (χ4n) is 3.59. The third-order valence-electron chi connectivity index (χ3n) is 5.28. The second kappa shape index (κ2) is 10.6. The summed E-state index contributed by atoms with van der Waals surface area (Å²) in [4.78, 5) is 21.0. The first-order valence-corrected chi connectivity index (χ1v) is 11.1. The summed E-state index contributed by atoms with van der Waals surface area (Å²) in [7, 11) is 0. The molecule has 0 spiro atoms. The number of fused-ring (bicyclic) bond motifs is 1. The summed E-state index contributed by atoms with van der Waals surface area (Å²) in [5.41, 5.74) is 7.01. The normalized spacial score (nSPS) is 10.5. The van der Waals surface area contributed by atoms with Crippen LogP contribution in [0.15, 0.2) is 73.1 Å². The van der Waals surface area contributed by atoms with Gasteiger partial charge in [0.15, 0.2) is 5.78 Å². The van der Waals surface area contributed by atoms with E-state index in [1.165, 1.54) is 29.5 Å². The largest absolute Gasteiger partial charge is 0.294 e. The minimum Gasteiger partial charge on any atom is -0.294 e. The highest BCUT2D eigenvalue weighted by atomic mass is 16.1. The molecule has 0 fully saturated rings. The molecule has 0 radical (unpaired) electrons. The van der Waals surface area contributed by atoms with Crippen molar-refractivity contribution in [3.63, 3.8) is 0 Å². The maximum atomic E-state index is 12.1. The third-order valence-corrected chi connectivity index (χ3v) is 5.28. The van der Waals surface area contributed by atoms with Gasteiger partial charge in [0.1, 0.15) is 0 Å². The van der Waals surface area contributed by atoms with Gasteiger partial charge >= 0.3 is 0 Å². The lowest BCUT2D eigenvalue weighted by atomic mass is 9.99. The molecule has 0 aliphatic heterocycles. The van der Waals surface area contributed by atoms with E-state index >= 15 is 0 Å². The molecule has 0 saturated heterocycles. The van der Waals surface area contributed by atoms with Gasteiger partial charge in [-0.25, -0.2) is 4.98 Å². The van der Waals surface area contributed by atoms with Crippen LogP contribution in [0.5, 0.6) is 0 Å². The standard InChI is InChI=1S/C26H24N2O.C2H6/c1-3-4-5-19-6-8-20(9-7-19)21-10-12-22(13-11-21)26-16-23(18(2)29)24-17-27-15-14-25(24)28-26;1-2/h6-17H,3-5H2,1-2H3;1-2H3. The van der Waals surface area contributed by atoms with Crippen LogP contribution in [0.4, 0.5) is 0 Å². The van der Waals surface area contributed by atoms with Crippen LogP contribution in [-0.2, 0) is 6.42 Å². The van der Waals surface area contributed by atoms with Crippen LogP contribution in [0.1, 0.15) is 56.5 Å². The van der Waals surface area contributed by atoms with Gasteiger partial charge in [-0.2, -0.15) is 0 Å². The Kier molecular flexibility index (Phi) is 7.66. The molecule has 0 unspecified atom stereocenters. The average molecular weight is 411 g/mol. The van der Waals surface area contributed by atoms with E-state index in [2.05, 4.69) is 60.4 Å². The van der Waals surface area contributed by atoms with Gasteiger partial charge in [-0.15, -0.1) is 0 Å². The Balaban J connectivity index is 0.00000132. The van der Waals surface area contributed by atoms with E-state index in [0.29, 0.717) is 5.56 Å². The monoisotopic (exact) mass is 410 g/mol. The number of rotatable bonds is 6. The molecule has 4 rings (SSSR count). The summed E-state index contributed by atoms with van der Waals surface area (Å²) in [6.45, 7) is 7.80. The molecule has 0 N–H and O–H groups in total. The van der Waals surface area contributed by atoms with Crippen molar-refractivity contribution in [3.05, 3.63) is 84.2 Å². The number of pyridine rings is 2. The van der Waals surface area contributed by atoms with E-state index in [9.17, 15) is 4.79 Å². The van der Waals surface area contributed by atoms with Gasteiger partial charge in [-0.3, -0.25) is 9.78 Å². The topological polar surface area (TPSA) is 42.9 Å². The van der Waals surface area contributed by atoms with Crippen molar-refractivity contribution in [1.82, 2.24) is 9.97 Å². The molecule has 0 atom stereocenters. The highest BCUT2D eigenvalue weighted by Gasteiger charge is 2.11. The smallest absolute Gasteiger partial charge is 0.160 e. The summed E-state index contributed by atoms with van der Waals surface area (Å²) in [6.07, 6.45) is 6.99. The first-order valence-electron chi connectivity index (χ1n) is 11.1. The Labute approximate surface area is 185 Å². The number of hydrogen-bond acceptors (Lipinski definition) is 3. The van der Waals surface area contributed by atoms with Gasteiger partial charge in [0.25, 0.3) is 0 Å². The van der Waals surface area contributed by atoms with E-state index in [-0.39, 0.29) is 5.78 Å². The van der Waals surface area contributed by atoms with Gasteiger partial charge in [0.05, 0.1) is 11.2 Å². The molecule has 4 aromatic rings. The molecule has 2 aromatic heterocycles. The molecule has 2 aromatic carbocycles. The number of aryl methyl sites for hydroxylation is 1. The SMILES string of the molecule is CC.CCCCc1ccc(-c2ccc(-c3cc(C(C)=O)c4cnccc4n3)cc2)cc1. The van der Waals surface area contributed by atoms with E-state index < -0.39 is 0 Å². The van der Waals surface area contributed by atoms with E-state index in [4.69, 9.17) is 4.98 Å². The summed E-state index contributed by atoms with van der Waals surface area (Å²) in [5.74, 6) is 0.0198. The van der Waals surface area contributed by atoms with Gasteiger partial charge in [-0.05, 0) is 48.6 Å². The van der Waals surface area contributed by atoms with Gasteiger partial charge in [0, 0.05) is 28.9 Å². The lowest BCUT2D eigenvalue weighted by Crippen LogP contribution is -1.98. The van der Waals surface area contributed by atoms with Gasteiger partial charge in [-0.1, -0.05) is 75.7 Å². The quantitative estimate of drug-likeness (QED) is 0.308. The maximum absolute atomic E-state index is 12.1. The van der Waals surface area contributed by atoms with Crippen molar-refractivity contribution < 1.29 is 4.79 Å². The second-order valence-corrected chi connectivity index (χ2v) is 7.38. The van der Waals surface area contributed by atoms with Crippen LogP contribution in [0, 0.1) is 0 Å². The Morgan fingerprint density at radius 3 is 2.10 bits per heavy atom. The summed E-state index contributed by atoms with van der Waals surface area (Å²) < 4.78 is 0. The Morgan fingerprint density at radius 2 is 1.48 bits per heavy atom. The Hall–Kier alpha value is -3.33. The maximum Gasteiger partial charge on any atom is 0.160 e. The molecular formula is C28H30N2O. The number of Topliss-reactive ketones (excluding diaryl/α,β-unsaturated/α-hetero) is 1. The molecule has 0 amide bonds. The molecule has 3 nitrogen and oxygen atoms in total. The highest BCUT2D eigenvalue weighted by molar-refractivity contribution is 6.06. The number of ketones is 1. The van der Waals surface area contributed by atoms with Gasteiger partial charge in [0.2, 0.25) is 0 Å². The van der Waals surface area contributed by atoms with Crippen LogP contribution in [0.25, 0.3) is 33.3 Å². The zero-order valence-corrected chi connectivity index (χ0v) is 18.9. The fourth-order valence-corrected chi connectivity index (χ4v) is 3.59. The third kappa shape index (κ3) is 5.24. The molecule has 2 heterocycles. The molecule has 0 aliphatic carbocycles. The molecular weight excluding hydrogens is 380 g/mol. The minimum atomic E-state index is 0.0198. The predicted octanol–water partition coefficient (Wildman–Crippen LogP) is 7.54. The van der Waals surface area contributed by atoms with E-state index in [1.807, 2.05) is 26.0 Å². The number of benzene rings is 2. The first-order chi connectivity index (χ1) is 15.2. The summed E-state index contributed by atoms with van der Waals surface area (Å²) in [5, 5.41) is 0.795. The fraction of sp³-hybridized carbons (Fsp3) is 0.250. The molecule has 0 saturated carbocycles. The first kappa shape index (κ1) is 22.4. The number of carbonyl (C=O) groups excluding carboxylic acids is 1. The van der Waals surface area contributed by atoms with Crippen molar-refractivity contribution in [2.45, 2.75) is 47.0 Å². The Morgan fingerprint density at radius 1 is 0.871 bits per heavy atom. The van der Waals surface area contributed by atoms with Crippen LogP contribution >= 0.6 is 0 Å². The second-order valence-electron chi connectivity index (χ2n) is 7.38. The number of aromatic nitrogens is 2. The lowest BCUT2D eigenvalue weighted by molar-refractivity contribution is 0.101. The number of nitrogens with zero attached hydrogens (tertiary/aromatic N) is 2. The van der Waals surface area contributed by atoms with Crippen molar-refractivity contribution in [2.75, 3.05) is 0 Å². The number of hydrogen-bond donors (Lipinski definition) is 0.